The molecule has 12 heteroatoms. The summed E-state index contributed by atoms with van der Waals surface area (Å²) < 4.78 is 42.9. The van der Waals surface area contributed by atoms with Crippen LogP contribution in [0.2, 0.25) is 0 Å². The van der Waals surface area contributed by atoms with Crippen LogP contribution in [0, 0.1) is 0 Å². The van der Waals surface area contributed by atoms with E-state index < -0.39 is 29.5 Å². The normalized spacial score (nSPS) is 11.3. The zero-order chi connectivity index (χ0) is 32.0. The van der Waals surface area contributed by atoms with Gasteiger partial charge in [-0.05, 0) is 86.6 Å². The summed E-state index contributed by atoms with van der Waals surface area (Å²) in [4.78, 5) is 24.9. The number of nitrogens with zero attached hydrogens (tertiary/aromatic N) is 2. The molecule has 0 radical (unpaired) electrons. The fraction of sp³-hybridized carbons (Fsp3) is 0.212. The Morgan fingerprint density at radius 1 is 0.622 bits per heavy atom. The van der Waals surface area contributed by atoms with Crippen LogP contribution in [-0.4, -0.2) is 62.5 Å². The molecule has 11 nitrogen and oxygen atoms in total. The van der Waals surface area contributed by atoms with Crippen LogP contribution in [0.25, 0.3) is 0 Å². The van der Waals surface area contributed by atoms with Gasteiger partial charge in [-0.2, -0.15) is 0 Å². The molecule has 0 saturated heterocycles. The molecule has 1 unspecified atom stereocenters. The van der Waals surface area contributed by atoms with Crippen LogP contribution < -0.4 is 18.9 Å². The second-order valence-electron chi connectivity index (χ2n) is 9.62. The lowest BCUT2D eigenvalue weighted by Crippen LogP contribution is -2.47. The average molecular weight is 635 g/mol. The predicted octanol–water partition coefficient (Wildman–Crippen LogP) is 7.13. The van der Waals surface area contributed by atoms with Crippen molar-refractivity contribution in [2.75, 3.05) is 26.3 Å². The van der Waals surface area contributed by atoms with E-state index in [1.807, 2.05) is 60.7 Å². The molecule has 45 heavy (non-hydrogen) atoms. The second-order valence-corrected chi connectivity index (χ2v) is 11.0. The van der Waals surface area contributed by atoms with Crippen molar-refractivity contribution in [3.8, 4) is 34.5 Å². The molecule has 0 aliphatic rings. The largest absolute Gasteiger partial charge is 0.492 e. The molecule has 0 aliphatic heterocycles. The summed E-state index contributed by atoms with van der Waals surface area (Å²) in [7, 11) is 0. The summed E-state index contributed by atoms with van der Waals surface area (Å²) >= 11 is -2.45. The molecule has 236 valence electrons. The summed E-state index contributed by atoms with van der Waals surface area (Å²) in [6.45, 7) is 2.55. The molecule has 0 saturated carbocycles. The molecule has 0 bridgehead atoms. The molecule has 4 aromatic carbocycles. The highest BCUT2D eigenvalue weighted by atomic mass is 32.2. The van der Waals surface area contributed by atoms with Gasteiger partial charge in [0.2, 0.25) is 11.2 Å². The van der Waals surface area contributed by atoms with Gasteiger partial charge < -0.3 is 28.8 Å². The molecule has 1 atom stereocenters. The zero-order valence-electron chi connectivity index (χ0n) is 24.8. The maximum Gasteiger partial charge on any atom is 0.423 e. The summed E-state index contributed by atoms with van der Waals surface area (Å²) in [6.07, 6.45) is -2.97. The van der Waals surface area contributed by atoms with E-state index in [2.05, 4.69) is 0 Å². The Morgan fingerprint density at radius 2 is 1.00 bits per heavy atom. The van der Waals surface area contributed by atoms with Gasteiger partial charge >= 0.3 is 12.2 Å². The molecule has 2 amide bonds. The van der Waals surface area contributed by atoms with Gasteiger partial charge in [0.05, 0.1) is 19.2 Å². The van der Waals surface area contributed by atoms with Crippen LogP contribution >= 0.6 is 0 Å². The quantitative estimate of drug-likeness (QED) is 0.145. The Hall–Kier alpha value is -5.23. The minimum Gasteiger partial charge on any atom is -0.492 e. The lowest BCUT2D eigenvalue weighted by molar-refractivity contribution is 0.0934. The van der Waals surface area contributed by atoms with E-state index in [0.29, 0.717) is 38.8 Å². The van der Waals surface area contributed by atoms with Crippen molar-refractivity contribution in [1.29, 1.82) is 0 Å². The van der Waals surface area contributed by atoms with Gasteiger partial charge in [-0.15, -0.1) is 0 Å². The van der Waals surface area contributed by atoms with Crippen molar-refractivity contribution in [3.05, 3.63) is 109 Å². The van der Waals surface area contributed by atoms with Crippen molar-refractivity contribution in [1.82, 2.24) is 8.61 Å². The van der Waals surface area contributed by atoms with Gasteiger partial charge in [-0.1, -0.05) is 36.4 Å². The van der Waals surface area contributed by atoms with Crippen LogP contribution in [0.4, 0.5) is 9.59 Å². The highest BCUT2D eigenvalue weighted by Crippen LogP contribution is 2.25. The summed E-state index contributed by atoms with van der Waals surface area (Å²) in [5, 5.41) is 9.80. The van der Waals surface area contributed by atoms with E-state index in [1.54, 1.807) is 62.4 Å². The Kier molecular flexibility index (Phi) is 12.0. The van der Waals surface area contributed by atoms with Crippen LogP contribution in [0.1, 0.15) is 13.8 Å². The number of hydrogen-bond acceptors (Lipinski definition) is 8. The number of carboxylic acid groups (broad SMARTS) is 1. The molecule has 0 aromatic heterocycles. The first-order chi connectivity index (χ1) is 21.8. The lowest BCUT2D eigenvalue weighted by Gasteiger charge is -2.27. The fourth-order valence-corrected chi connectivity index (χ4v) is 4.81. The molecule has 0 spiro atoms. The van der Waals surface area contributed by atoms with Crippen molar-refractivity contribution >= 4 is 23.4 Å². The molecular weight excluding hydrogens is 600 g/mol. The van der Waals surface area contributed by atoms with Crippen LogP contribution in [-0.2, 0) is 15.9 Å². The fourth-order valence-electron chi connectivity index (χ4n) is 3.80. The Morgan fingerprint density at radius 3 is 1.40 bits per heavy atom. The van der Waals surface area contributed by atoms with Crippen LogP contribution in [0.5, 0.6) is 34.5 Å². The third-order valence-corrected chi connectivity index (χ3v) is 7.29. The van der Waals surface area contributed by atoms with Crippen molar-refractivity contribution in [3.63, 3.8) is 0 Å². The smallest absolute Gasteiger partial charge is 0.423 e. The Labute approximate surface area is 264 Å². The van der Waals surface area contributed by atoms with Crippen LogP contribution in [0.3, 0.4) is 0 Å². The van der Waals surface area contributed by atoms with Crippen LogP contribution in [0.15, 0.2) is 109 Å². The van der Waals surface area contributed by atoms with Gasteiger partial charge in [0.25, 0.3) is 0 Å². The first-order valence-electron chi connectivity index (χ1n) is 14.1. The average Bonchev–Trinajstić information content (AvgIpc) is 3.03. The third-order valence-electron chi connectivity index (χ3n) is 5.86. The molecule has 4 aromatic rings. The van der Waals surface area contributed by atoms with Gasteiger partial charge in [0.1, 0.15) is 47.7 Å². The topological polar surface area (TPSA) is 124 Å². The highest BCUT2D eigenvalue weighted by molar-refractivity contribution is 7.81. The molecular formula is C33H34N2O9S. The van der Waals surface area contributed by atoms with E-state index in [-0.39, 0.29) is 26.3 Å². The minimum absolute atomic E-state index is 0.0841. The van der Waals surface area contributed by atoms with Gasteiger partial charge in [0.15, 0.2) is 0 Å². The molecule has 0 aliphatic carbocycles. The van der Waals surface area contributed by atoms with Crippen molar-refractivity contribution < 1.29 is 42.6 Å². The summed E-state index contributed by atoms with van der Waals surface area (Å²) in [5.74, 6) is 3.50. The molecule has 1 N–H and O–H groups in total. The molecule has 0 fully saturated rings. The zero-order valence-corrected chi connectivity index (χ0v) is 25.6. The van der Waals surface area contributed by atoms with Crippen molar-refractivity contribution in [2.24, 2.45) is 0 Å². The highest BCUT2D eigenvalue weighted by Gasteiger charge is 2.31. The van der Waals surface area contributed by atoms with Gasteiger partial charge in [-0.25, -0.2) is 22.4 Å². The summed E-state index contributed by atoms with van der Waals surface area (Å²) in [5.41, 5.74) is 0. The lowest BCUT2D eigenvalue weighted by atomic mass is 10.3. The van der Waals surface area contributed by atoms with E-state index in [9.17, 15) is 18.9 Å². The second kappa shape index (κ2) is 16.6. The summed E-state index contributed by atoms with van der Waals surface area (Å²) in [6, 6.07) is 32.2. The number of amides is 2. The maximum atomic E-state index is 13.4. The van der Waals surface area contributed by atoms with E-state index in [4.69, 9.17) is 23.7 Å². The number of carbonyl (C=O) groups is 2. The van der Waals surface area contributed by atoms with Gasteiger partial charge in [-0.3, -0.25) is 0 Å². The SMILES string of the molecule is CC(C)OC(=O)N(CCOc1ccc(Oc2ccccc2)cc1)S(=O)N(CCOc1ccc(Oc2ccccc2)cc1)C(=O)O. The van der Waals surface area contributed by atoms with Crippen molar-refractivity contribution in [2.45, 2.75) is 20.0 Å². The number of rotatable bonds is 15. The number of para-hydroxylation sites is 2. The number of carbonyl (C=O) groups excluding carboxylic acids is 1. The van der Waals surface area contributed by atoms with E-state index in [0.717, 1.165) is 4.31 Å². The first-order valence-corrected chi connectivity index (χ1v) is 15.2. The number of hydrogen-bond donors (Lipinski definition) is 1. The van der Waals surface area contributed by atoms with Gasteiger partial charge in [0, 0.05) is 0 Å². The molecule has 0 heterocycles. The third kappa shape index (κ3) is 10.5. The number of benzene rings is 4. The van der Waals surface area contributed by atoms with E-state index >= 15 is 0 Å². The Balaban J connectivity index is 1.32. The van der Waals surface area contributed by atoms with E-state index in [1.165, 1.54) is 0 Å². The maximum absolute atomic E-state index is 13.4. The number of ether oxygens (including phenoxy) is 5. The first kappa shape index (κ1) is 32.7. The predicted molar refractivity (Wildman–Crippen MR) is 168 cm³/mol. The minimum atomic E-state index is -2.45. The molecule has 4 rings (SSSR count). The standard InChI is InChI=1S/C33H34N2O9S/c1-25(2)42-33(38)35(22-24-41-27-15-19-31(20-16-27)44-29-11-7-4-8-12-29)45(39)34(32(36)37)21-23-40-26-13-17-30(18-14-26)43-28-9-5-3-6-10-28/h3-20,25H,21-24H2,1-2H3,(H,36,37). The monoisotopic (exact) mass is 634 g/mol. The Bertz CT molecular complexity index is 1520.